The molecular weight excluding hydrogens is 409 g/mol. The van der Waals surface area contributed by atoms with Gasteiger partial charge >= 0.3 is 0 Å². The fraction of sp³-hybridized carbons (Fsp3) is 0. The minimum atomic E-state index is -1.97. The molecule has 29 heavy (non-hydrogen) atoms. The first-order valence-corrected chi connectivity index (χ1v) is 13.5. The highest BCUT2D eigenvalue weighted by atomic mass is 32.7. The number of hydrogen-bond acceptors (Lipinski definition) is 3. The number of fused-ring (bicyclic) bond motifs is 1. The van der Waals surface area contributed by atoms with Crippen LogP contribution in [0.2, 0.25) is 0 Å². The van der Waals surface area contributed by atoms with Gasteiger partial charge in [0, 0.05) is 0 Å². The molecule has 0 spiro atoms. The maximum atomic E-state index is 4.98. The predicted octanol–water partition coefficient (Wildman–Crippen LogP) is 6.30. The van der Waals surface area contributed by atoms with E-state index in [2.05, 4.69) is 115 Å². The second-order valence-corrected chi connectivity index (χ2v) is 13.5. The van der Waals surface area contributed by atoms with Crippen LogP contribution in [0.25, 0.3) is 10.2 Å². The van der Waals surface area contributed by atoms with Crippen molar-refractivity contribution in [1.82, 2.24) is 4.98 Å². The Labute approximate surface area is 179 Å². The number of aromatic nitrogens is 1. The van der Waals surface area contributed by atoms with Crippen LogP contribution in [0.4, 0.5) is 0 Å². The third kappa shape index (κ3) is 3.51. The lowest BCUT2D eigenvalue weighted by Gasteiger charge is -2.24. The van der Waals surface area contributed by atoms with E-state index < -0.39 is 6.46 Å². The Morgan fingerprint density at radius 1 is 0.552 bits per heavy atom. The molecule has 4 heteroatoms. The van der Waals surface area contributed by atoms with Crippen LogP contribution < -0.4 is 15.9 Å². The minimum Gasteiger partial charge on any atom is -0.226 e. The molecule has 0 aliphatic carbocycles. The van der Waals surface area contributed by atoms with Crippen molar-refractivity contribution in [2.24, 2.45) is 0 Å². The van der Waals surface area contributed by atoms with Crippen LogP contribution in [0.5, 0.6) is 0 Å². The fourth-order valence-electron chi connectivity index (χ4n) is 3.53. The lowest BCUT2D eigenvalue weighted by atomic mass is 10.3. The molecule has 0 saturated carbocycles. The summed E-state index contributed by atoms with van der Waals surface area (Å²) in [6, 6.07) is 41.2. The van der Waals surface area contributed by atoms with E-state index in [4.69, 9.17) is 4.98 Å². The molecule has 1 nitrogen and oxygen atoms in total. The van der Waals surface area contributed by atoms with Crippen LogP contribution in [0.15, 0.2) is 120 Å². The summed E-state index contributed by atoms with van der Waals surface area (Å²) < 4.78 is 2.36. The predicted molar refractivity (Wildman–Crippen MR) is 131 cm³/mol. The van der Waals surface area contributed by atoms with Crippen LogP contribution in [-0.2, 0) is 0 Å². The van der Waals surface area contributed by atoms with Gasteiger partial charge in [-0.25, -0.2) is 4.98 Å². The molecule has 140 valence electrons. The molecule has 0 saturated heterocycles. The van der Waals surface area contributed by atoms with Crippen molar-refractivity contribution < 1.29 is 0 Å². The van der Waals surface area contributed by atoms with Crippen LogP contribution in [0, 0.1) is 0 Å². The van der Waals surface area contributed by atoms with E-state index in [1.54, 1.807) is 11.3 Å². The molecule has 1 aromatic heterocycles. The van der Waals surface area contributed by atoms with Crippen molar-refractivity contribution in [2.45, 2.75) is 4.34 Å². The second kappa shape index (κ2) is 8.12. The van der Waals surface area contributed by atoms with Gasteiger partial charge in [0.15, 0.2) is 10.8 Å². The van der Waals surface area contributed by atoms with Gasteiger partial charge in [0.25, 0.3) is 0 Å². The quantitative estimate of drug-likeness (QED) is 0.305. The van der Waals surface area contributed by atoms with Crippen LogP contribution in [0.1, 0.15) is 0 Å². The Hall–Kier alpha value is -2.45. The zero-order valence-corrected chi connectivity index (χ0v) is 18.2. The van der Waals surface area contributed by atoms with Gasteiger partial charge in [-0.3, -0.25) is 0 Å². The zero-order valence-electron chi connectivity index (χ0n) is 15.7. The normalized spacial score (nSPS) is 11.6. The lowest BCUT2D eigenvalue weighted by molar-refractivity contribution is 1.31. The molecule has 0 atom stereocenters. The van der Waals surface area contributed by atoms with Crippen LogP contribution in [0.3, 0.4) is 0 Å². The van der Waals surface area contributed by atoms with Gasteiger partial charge in [-0.05, 0) is 48.5 Å². The third-order valence-electron chi connectivity index (χ3n) is 4.85. The van der Waals surface area contributed by atoms with Crippen molar-refractivity contribution in [3.05, 3.63) is 115 Å². The molecule has 0 unspecified atom stereocenters. The van der Waals surface area contributed by atoms with Gasteiger partial charge in [-0.2, -0.15) is 0 Å². The fourth-order valence-corrected chi connectivity index (χ4v) is 12.2. The number of thiazole rings is 1. The number of benzene rings is 4. The van der Waals surface area contributed by atoms with Crippen molar-refractivity contribution in [3.8, 4) is 0 Å². The topological polar surface area (TPSA) is 12.9 Å². The molecule has 0 N–H and O–H groups in total. The molecule has 4 aromatic carbocycles. The maximum Gasteiger partial charge on any atom is 0.191 e. The minimum absolute atomic E-state index is 1.08. The molecule has 0 aliphatic heterocycles. The Morgan fingerprint density at radius 3 is 1.48 bits per heavy atom. The third-order valence-corrected chi connectivity index (χ3v) is 13.4. The number of nitrogens with zero attached hydrogens (tertiary/aromatic N) is 1. The number of para-hydroxylation sites is 1. The van der Waals surface area contributed by atoms with Gasteiger partial charge in [0.1, 0.15) is 27.3 Å². The van der Waals surface area contributed by atoms with Gasteiger partial charge in [0.05, 0.1) is 10.2 Å². The van der Waals surface area contributed by atoms with E-state index in [-0.39, 0.29) is 0 Å². The highest BCUT2D eigenvalue weighted by molar-refractivity contribution is 8.69. The lowest BCUT2D eigenvalue weighted by Crippen LogP contribution is -2.28. The highest BCUT2D eigenvalue weighted by Crippen LogP contribution is 2.69. The van der Waals surface area contributed by atoms with Crippen molar-refractivity contribution >= 4 is 55.3 Å². The zero-order chi connectivity index (χ0) is 19.5. The van der Waals surface area contributed by atoms with Gasteiger partial charge in [0.2, 0.25) is 0 Å². The first kappa shape index (κ1) is 18.6. The summed E-state index contributed by atoms with van der Waals surface area (Å²) in [5.41, 5.74) is 1.08. The molecule has 0 amide bonds. The molecule has 1 heterocycles. The second-order valence-electron chi connectivity index (χ2n) is 6.65. The largest absolute Gasteiger partial charge is 0.226 e. The molecule has 0 fully saturated rings. The van der Waals surface area contributed by atoms with Crippen LogP contribution >= 0.6 is 29.2 Å². The van der Waals surface area contributed by atoms with E-state index in [0.717, 1.165) is 9.86 Å². The summed E-state index contributed by atoms with van der Waals surface area (Å²) in [7, 11) is 0. The first-order chi connectivity index (χ1) is 14.4. The average molecular weight is 429 g/mol. The Kier molecular flexibility index (Phi) is 5.20. The summed E-state index contributed by atoms with van der Waals surface area (Å²) in [6.45, 7) is -1.97. The monoisotopic (exact) mass is 428 g/mol. The van der Waals surface area contributed by atoms with E-state index in [1.807, 2.05) is 11.4 Å². The van der Waals surface area contributed by atoms with Crippen molar-refractivity contribution in [1.29, 1.82) is 0 Å². The standard InChI is InChI=1S/C25H19NPS2/c1-4-12-20(13-5-1)27(21-14-6-2-7-15-21,22-16-8-3-9-17-22)29-25-26-23-18-10-11-19-24(23)28-25/h1-19H/q+1. The van der Waals surface area contributed by atoms with E-state index in [1.165, 1.54) is 20.6 Å². The molecule has 0 bridgehead atoms. The Morgan fingerprint density at radius 2 is 1.00 bits per heavy atom. The highest BCUT2D eigenvalue weighted by Gasteiger charge is 2.48. The average Bonchev–Trinajstić information content (AvgIpc) is 3.22. The number of hydrogen-bond donors (Lipinski definition) is 0. The summed E-state index contributed by atoms with van der Waals surface area (Å²) in [5, 5.41) is 4.09. The van der Waals surface area contributed by atoms with Gasteiger partial charge in [-0.15, -0.1) is 11.3 Å². The number of rotatable bonds is 5. The van der Waals surface area contributed by atoms with E-state index >= 15 is 0 Å². The van der Waals surface area contributed by atoms with Crippen molar-refractivity contribution in [2.75, 3.05) is 0 Å². The summed E-state index contributed by atoms with van der Waals surface area (Å²) in [5.74, 6) is 0. The Balaban J connectivity index is 1.77. The first-order valence-electron chi connectivity index (χ1n) is 9.47. The maximum absolute atomic E-state index is 4.98. The van der Waals surface area contributed by atoms with Crippen molar-refractivity contribution in [3.63, 3.8) is 0 Å². The molecular formula is C25H19NPS2+. The van der Waals surface area contributed by atoms with Crippen LogP contribution in [-0.4, -0.2) is 4.98 Å². The molecule has 5 aromatic rings. The Bertz CT molecular complexity index is 1090. The van der Waals surface area contributed by atoms with Gasteiger partial charge in [-0.1, -0.05) is 66.7 Å². The SMILES string of the molecule is c1ccc([P+](Sc2nc3ccccc3s2)(c2ccccc2)c2ccccc2)cc1. The summed E-state index contributed by atoms with van der Waals surface area (Å²) >= 11 is 3.73. The molecule has 5 rings (SSSR count). The van der Waals surface area contributed by atoms with Gasteiger partial charge < -0.3 is 0 Å². The van der Waals surface area contributed by atoms with E-state index in [0.29, 0.717) is 0 Å². The molecule has 0 aliphatic rings. The summed E-state index contributed by atoms with van der Waals surface area (Å²) in [6.07, 6.45) is 0. The van der Waals surface area contributed by atoms with E-state index in [9.17, 15) is 0 Å². The smallest absolute Gasteiger partial charge is 0.191 e. The summed E-state index contributed by atoms with van der Waals surface area (Å²) in [4.78, 5) is 4.98. The molecule has 0 radical (unpaired) electrons.